The molecule has 0 aliphatic carbocycles. The summed E-state index contributed by atoms with van der Waals surface area (Å²) in [7, 11) is 0. The maximum Gasteiger partial charge on any atom is 0.254 e. The topological polar surface area (TPSA) is 161 Å². The highest BCUT2D eigenvalue weighted by atomic mass is 19.3. The van der Waals surface area contributed by atoms with E-state index in [4.69, 9.17) is 32.3 Å². The molecule has 0 saturated carbocycles. The van der Waals surface area contributed by atoms with Crippen LogP contribution in [0.15, 0.2) is 37.1 Å². The van der Waals surface area contributed by atoms with Gasteiger partial charge in [0.15, 0.2) is 0 Å². The first-order valence-electron chi connectivity index (χ1n) is 11.4. The predicted molar refractivity (Wildman–Crippen MR) is 135 cm³/mol. The summed E-state index contributed by atoms with van der Waals surface area (Å²) in [5.74, 6) is -0.732. The van der Waals surface area contributed by atoms with E-state index in [-0.39, 0.29) is 35.9 Å². The average molecular weight is 497 g/mol. The molecule has 9 nitrogen and oxygen atoms in total. The summed E-state index contributed by atoms with van der Waals surface area (Å²) < 4.78 is 32.8. The zero-order chi connectivity index (χ0) is 26.4. The summed E-state index contributed by atoms with van der Waals surface area (Å²) in [5, 5.41) is 28.2. The first-order chi connectivity index (χ1) is 17.1. The number of nitriles is 1. The highest BCUT2D eigenvalue weighted by Crippen LogP contribution is 2.31. The normalized spacial score (nSPS) is 18.0. The fraction of sp³-hybridized carbons (Fsp3) is 0.360. The number of aryl methyl sites for hydroxylation is 1. The van der Waals surface area contributed by atoms with E-state index >= 15 is 0 Å². The molecule has 3 rings (SSSR count). The molecule has 1 aliphatic rings. The Morgan fingerprint density at radius 2 is 2.14 bits per heavy atom. The van der Waals surface area contributed by atoms with Crippen molar-refractivity contribution in [1.82, 2.24) is 15.2 Å². The molecule has 2 unspecified atom stereocenters. The van der Waals surface area contributed by atoms with Crippen molar-refractivity contribution in [1.29, 1.82) is 16.1 Å². The van der Waals surface area contributed by atoms with Crippen LogP contribution < -0.4 is 16.8 Å². The van der Waals surface area contributed by atoms with Crippen molar-refractivity contribution in [2.45, 2.75) is 38.3 Å². The number of rotatable bonds is 8. The smallest absolute Gasteiger partial charge is 0.254 e. The number of benzene rings is 1. The number of nitrogen functional groups attached to an aromatic ring is 2. The number of aromatic nitrogens is 1. The van der Waals surface area contributed by atoms with Crippen molar-refractivity contribution in [3.8, 4) is 6.07 Å². The van der Waals surface area contributed by atoms with Gasteiger partial charge in [-0.05, 0) is 42.5 Å². The minimum absolute atomic E-state index is 0.00953. The number of nitrogens with two attached hydrogens (primary N) is 2. The Morgan fingerprint density at radius 3 is 2.78 bits per heavy atom. The van der Waals surface area contributed by atoms with Crippen molar-refractivity contribution in [2.24, 2.45) is 0 Å². The van der Waals surface area contributed by atoms with Gasteiger partial charge in [-0.15, -0.1) is 6.58 Å². The van der Waals surface area contributed by atoms with Gasteiger partial charge in [-0.3, -0.25) is 21.0 Å². The lowest BCUT2D eigenvalue weighted by Crippen LogP contribution is -2.56. The SMILES string of the molecule is C=CCCc1c(C)ccc(C2CN(CC(=N)OC(=N)c3cc(N)c(C#N)cn3)CC(C(F)F)N2)c1N. The van der Waals surface area contributed by atoms with Gasteiger partial charge in [0.25, 0.3) is 6.43 Å². The highest BCUT2D eigenvalue weighted by Gasteiger charge is 2.34. The van der Waals surface area contributed by atoms with Crippen LogP contribution in [0.25, 0.3) is 0 Å². The number of nitrogens with one attached hydrogen (secondary N) is 3. The van der Waals surface area contributed by atoms with E-state index in [2.05, 4.69) is 16.9 Å². The molecule has 1 fully saturated rings. The van der Waals surface area contributed by atoms with Gasteiger partial charge in [-0.1, -0.05) is 18.2 Å². The van der Waals surface area contributed by atoms with Crippen LogP contribution in [-0.4, -0.2) is 53.8 Å². The van der Waals surface area contributed by atoms with E-state index in [1.165, 1.54) is 12.3 Å². The van der Waals surface area contributed by atoms with E-state index in [1.54, 1.807) is 4.90 Å². The van der Waals surface area contributed by atoms with Gasteiger partial charge in [0.05, 0.1) is 23.8 Å². The van der Waals surface area contributed by atoms with Crippen LogP contribution in [0, 0.1) is 29.1 Å². The Hall–Kier alpha value is -3.88. The zero-order valence-corrected chi connectivity index (χ0v) is 20.0. The molecule has 1 aromatic carbocycles. The molecule has 2 atom stereocenters. The van der Waals surface area contributed by atoms with E-state index < -0.39 is 24.4 Å². The molecule has 190 valence electrons. The molecule has 1 aromatic heterocycles. The fourth-order valence-corrected chi connectivity index (χ4v) is 4.22. The van der Waals surface area contributed by atoms with Gasteiger partial charge in [0.1, 0.15) is 11.8 Å². The van der Waals surface area contributed by atoms with Gasteiger partial charge >= 0.3 is 0 Å². The van der Waals surface area contributed by atoms with Crippen molar-refractivity contribution >= 4 is 23.2 Å². The van der Waals surface area contributed by atoms with E-state index in [9.17, 15) is 8.78 Å². The van der Waals surface area contributed by atoms with E-state index in [1.807, 2.05) is 31.2 Å². The standard InChI is InChI=1S/C25H30F2N8O/c1-3-4-5-16-14(2)6-7-17(23(16)31)20-11-35(12-21(34-20)24(26)27)13-22(30)36-25(32)19-8-18(29)15(9-28)10-33-19/h3,6-8,10,20-21,24,30,32,34H,1,4-5,11-13,31H2,2H3,(H2,29,33). The molecular formula is C25H30F2N8O. The molecule has 11 heteroatoms. The van der Waals surface area contributed by atoms with Crippen molar-refractivity contribution in [3.05, 3.63) is 65.0 Å². The molecule has 1 aliphatic heterocycles. The number of ether oxygens (including phenoxy) is 1. The molecule has 2 aromatic rings. The third kappa shape index (κ3) is 6.21. The third-order valence-electron chi connectivity index (χ3n) is 6.10. The lowest BCUT2D eigenvalue weighted by atomic mass is 9.93. The van der Waals surface area contributed by atoms with Crippen molar-refractivity contribution < 1.29 is 13.5 Å². The second-order valence-electron chi connectivity index (χ2n) is 8.67. The third-order valence-corrected chi connectivity index (χ3v) is 6.10. The molecule has 2 heterocycles. The number of alkyl halides is 2. The Balaban J connectivity index is 1.74. The Labute approximate surface area is 208 Å². The molecule has 0 amide bonds. The quantitative estimate of drug-likeness (QED) is 0.162. The Kier molecular flexibility index (Phi) is 8.68. The summed E-state index contributed by atoms with van der Waals surface area (Å²) >= 11 is 0. The first-order valence-corrected chi connectivity index (χ1v) is 11.4. The van der Waals surface area contributed by atoms with Gasteiger partial charge < -0.3 is 16.2 Å². The Bertz CT molecular complexity index is 1190. The maximum atomic E-state index is 13.8. The summed E-state index contributed by atoms with van der Waals surface area (Å²) in [6.07, 6.45) is 1.86. The summed E-state index contributed by atoms with van der Waals surface area (Å²) in [4.78, 5) is 5.63. The first kappa shape index (κ1) is 26.7. The molecular weight excluding hydrogens is 466 g/mol. The largest absolute Gasteiger partial charge is 0.422 e. The molecule has 36 heavy (non-hydrogen) atoms. The number of hydrogen-bond donors (Lipinski definition) is 5. The molecule has 1 saturated heterocycles. The fourth-order valence-electron chi connectivity index (χ4n) is 4.22. The van der Waals surface area contributed by atoms with Crippen LogP contribution in [0.2, 0.25) is 0 Å². The number of piperazine rings is 1. The summed E-state index contributed by atoms with van der Waals surface area (Å²) in [6, 6.07) is 5.37. The molecule has 0 radical (unpaired) electrons. The van der Waals surface area contributed by atoms with Crippen LogP contribution in [0.3, 0.4) is 0 Å². The van der Waals surface area contributed by atoms with Gasteiger partial charge in [0.2, 0.25) is 11.8 Å². The highest BCUT2D eigenvalue weighted by molar-refractivity contribution is 5.98. The minimum Gasteiger partial charge on any atom is -0.422 e. The lowest BCUT2D eigenvalue weighted by Gasteiger charge is -2.39. The minimum atomic E-state index is -2.62. The van der Waals surface area contributed by atoms with E-state index in [0.717, 1.165) is 23.1 Å². The molecule has 7 N–H and O–H groups in total. The maximum absolute atomic E-state index is 13.8. The van der Waals surface area contributed by atoms with Gasteiger partial charge in [-0.2, -0.15) is 5.26 Å². The van der Waals surface area contributed by atoms with Crippen LogP contribution in [0.5, 0.6) is 0 Å². The number of pyridine rings is 1. The number of anilines is 2. The van der Waals surface area contributed by atoms with Gasteiger partial charge in [0, 0.05) is 31.0 Å². The van der Waals surface area contributed by atoms with Crippen molar-refractivity contribution in [2.75, 3.05) is 31.1 Å². The molecule has 0 bridgehead atoms. The van der Waals surface area contributed by atoms with Crippen LogP contribution in [0.1, 0.15) is 40.4 Å². The van der Waals surface area contributed by atoms with Crippen molar-refractivity contribution in [3.63, 3.8) is 0 Å². The van der Waals surface area contributed by atoms with Crippen LogP contribution in [0.4, 0.5) is 20.2 Å². The average Bonchev–Trinajstić information content (AvgIpc) is 2.83. The lowest BCUT2D eigenvalue weighted by molar-refractivity contribution is 0.0448. The van der Waals surface area contributed by atoms with E-state index in [0.29, 0.717) is 18.7 Å². The second kappa shape index (κ2) is 11.7. The van der Waals surface area contributed by atoms with Crippen LogP contribution in [-0.2, 0) is 11.2 Å². The zero-order valence-electron chi connectivity index (χ0n) is 20.0. The van der Waals surface area contributed by atoms with Crippen LogP contribution >= 0.6 is 0 Å². The number of halogens is 2. The number of nitrogens with zero attached hydrogens (tertiary/aromatic N) is 3. The summed E-state index contributed by atoms with van der Waals surface area (Å²) in [5.41, 5.74) is 15.9. The predicted octanol–water partition coefficient (Wildman–Crippen LogP) is 3.14. The second-order valence-corrected chi connectivity index (χ2v) is 8.67. The molecule has 0 spiro atoms. The number of hydrogen-bond acceptors (Lipinski definition) is 9. The number of allylic oxidation sites excluding steroid dienone is 1. The van der Waals surface area contributed by atoms with Gasteiger partial charge in [-0.25, -0.2) is 13.8 Å². The monoisotopic (exact) mass is 496 g/mol. The summed E-state index contributed by atoms with van der Waals surface area (Å²) in [6.45, 7) is 5.93. The Morgan fingerprint density at radius 1 is 1.39 bits per heavy atom.